The molecule has 1 amide bonds. The van der Waals surface area contributed by atoms with Gasteiger partial charge in [0.1, 0.15) is 0 Å². The van der Waals surface area contributed by atoms with Gasteiger partial charge in [-0.15, -0.1) is 0 Å². The first-order valence-electron chi connectivity index (χ1n) is 8.82. The predicted octanol–water partition coefficient (Wildman–Crippen LogP) is 5.18. The van der Waals surface area contributed by atoms with Crippen molar-refractivity contribution in [2.75, 3.05) is 19.5 Å². The fraction of sp³-hybridized carbons (Fsp3) is 0.200. The number of ether oxygens (including phenoxy) is 2. The quantitative estimate of drug-likeness (QED) is 0.534. The Morgan fingerprint density at radius 3 is 2.22 bits per heavy atom. The van der Waals surface area contributed by atoms with Gasteiger partial charge in [0, 0.05) is 11.8 Å². The van der Waals surface area contributed by atoms with Crippen LogP contribution in [0.1, 0.15) is 21.6 Å². The number of nitrogens with zero attached hydrogens (tertiary/aromatic N) is 2. The molecule has 0 radical (unpaired) electrons. The van der Waals surface area contributed by atoms with E-state index in [0.29, 0.717) is 24.1 Å². The summed E-state index contributed by atoms with van der Waals surface area (Å²) >= 11 is 0. The average Bonchev–Trinajstić information content (AvgIpc) is 3.19. The number of carbonyl (C=O) groups excluding carboxylic acids is 1. The zero-order valence-corrected chi connectivity index (χ0v) is 16.5. The standard InChI is InChI=1S/C20H15F6N3O3/c1-31-15-7-6-12(9-16(15)32-2)28-18(30)14-10-27-29(17(14)20(24,25)26)13-5-3-4-11(8-13)19(21,22)23/h3-10H,1-2H3,(H,28,30). The summed E-state index contributed by atoms with van der Waals surface area (Å²) in [5, 5.41) is 5.81. The molecule has 0 spiro atoms. The van der Waals surface area contributed by atoms with Crippen molar-refractivity contribution >= 4 is 11.6 Å². The van der Waals surface area contributed by atoms with Crippen molar-refractivity contribution in [3.05, 3.63) is 65.5 Å². The van der Waals surface area contributed by atoms with Crippen LogP contribution in [-0.4, -0.2) is 29.9 Å². The number of methoxy groups -OCH3 is 2. The van der Waals surface area contributed by atoms with Gasteiger partial charge in [0.25, 0.3) is 5.91 Å². The van der Waals surface area contributed by atoms with Crippen LogP contribution < -0.4 is 14.8 Å². The van der Waals surface area contributed by atoms with Crippen molar-refractivity contribution in [2.45, 2.75) is 12.4 Å². The van der Waals surface area contributed by atoms with Crippen LogP contribution in [0.15, 0.2) is 48.7 Å². The fourth-order valence-corrected chi connectivity index (χ4v) is 2.91. The monoisotopic (exact) mass is 459 g/mol. The maximum absolute atomic E-state index is 13.8. The topological polar surface area (TPSA) is 65.4 Å². The molecule has 12 heteroatoms. The second-order valence-electron chi connectivity index (χ2n) is 6.39. The van der Waals surface area contributed by atoms with E-state index in [1.165, 1.54) is 32.4 Å². The van der Waals surface area contributed by atoms with Crippen molar-refractivity contribution in [3.8, 4) is 17.2 Å². The Kier molecular flexibility index (Phi) is 6.06. The number of nitrogens with one attached hydrogen (secondary N) is 1. The zero-order chi connectivity index (χ0) is 23.7. The summed E-state index contributed by atoms with van der Waals surface area (Å²) in [6.45, 7) is 0. The Morgan fingerprint density at radius 1 is 0.938 bits per heavy atom. The highest BCUT2D eigenvalue weighted by Gasteiger charge is 2.41. The fourth-order valence-electron chi connectivity index (χ4n) is 2.91. The molecule has 0 unspecified atom stereocenters. The van der Waals surface area contributed by atoms with E-state index in [4.69, 9.17) is 9.47 Å². The van der Waals surface area contributed by atoms with Gasteiger partial charge in [-0.25, -0.2) is 4.68 Å². The first-order valence-corrected chi connectivity index (χ1v) is 8.82. The van der Waals surface area contributed by atoms with Crippen molar-refractivity contribution in [1.82, 2.24) is 9.78 Å². The first kappa shape index (κ1) is 23.0. The number of hydrogen-bond acceptors (Lipinski definition) is 4. The molecule has 1 aromatic heterocycles. The first-order chi connectivity index (χ1) is 15.0. The van der Waals surface area contributed by atoms with E-state index >= 15 is 0 Å². The van der Waals surface area contributed by atoms with Crippen LogP contribution in [0.4, 0.5) is 32.0 Å². The molecule has 3 aromatic rings. The van der Waals surface area contributed by atoms with Crippen LogP contribution >= 0.6 is 0 Å². The van der Waals surface area contributed by atoms with E-state index < -0.39 is 40.8 Å². The molecule has 6 nitrogen and oxygen atoms in total. The molecule has 0 saturated carbocycles. The molecular formula is C20H15F6N3O3. The molecule has 32 heavy (non-hydrogen) atoms. The van der Waals surface area contributed by atoms with Crippen LogP contribution in [0.5, 0.6) is 11.5 Å². The molecule has 3 rings (SSSR count). The summed E-state index contributed by atoms with van der Waals surface area (Å²) in [6, 6.07) is 7.34. The number of hydrogen-bond donors (Lipinski definition) is 1. The number of alkyl halides is 6. The highest BCUT2D eigenvalue weighted by molar-refractivity contribution is 6.05. The maximum atomic E-state index is 13.8. The third kappa shape index (κ3) is 4.63. The molecule has 0 saturated heterocycles. The molecule has 0 fully saturated rings. The summed E-state index contributed by atoms with van der Waals surface area (Å²) in [5.74, 6) is -0.609. The Hall–Kier alpha value is -3.70. The molecule has 0 aliphatic heterocycles. The SMILES string of the molecule is COc1ccc(NC(=O)c2cnn(-c3cccc(C(F)(F)F)c3)c2C(F)(F)F)cc1OC. The summed E-state index contributed by atoms with van der Waals surface area (Å²) in [5.41, 5.74) is -3.95. The summed E-state index contributed by atoms with van der Waals surface area (Å²) in [4.78, 5) is 12.6. The Morgan fingerprint density at radius 2 is 1.62 bits per heavy atom. The van der Waals surface area contributed by atoms with Gasteiger partial charge in [0.05, 0.1) is 37.2 Å². The van der Waals surface area contributed by atoms with Gasteiger partial charge in [-0.1, -0.05) is 6.07 Å². The van der Waals surface area contributed by atoms with Gasteiger partial charge in [0.15, 0.2) is 17.2 Å². The van der Waals surface area contributed by atoms with Gasteiger partial charge in [-0.2, -0.15) is 31.4 Å². The van der Waals surface area contributed by atoms with E-state index in [9.17, 15) is 31.1 Å². The highest BCUT2D eigenvalue weighted by atomic mass is 19.4. The van der Waals surface area contributed by atoms with Gasteiger partial charge in [0.2, 0.25) is 0 Å². The maximum Gasteiger partial charge on any atom is 0.434 e. The molecule has 2 aromatic carbocycles. The van der Waals surface area contributed by atoms with Crippen molar-refractivity contribution in [2.24, 2.45) is 0 Å². The smallest absolute Gasteiger partial charge is 0.434 e. The van der Waals surface area contributed by atoms with Crippen LogP contribution in [0.3, 0.4) is 0 Å². The second-order valence-corrected chi connectivity index (χ2v) is 6.39. The molecule has 1 heterocycles. The lowest BCUT2D eigenvalue weighted by atomic mass is 10.1. The number of halogens is 6. The number of carbonyl (C=O) groups is 1. The minimum Gasteiger partial charge on any atom is -0.493 e. The molecular weight excluding hydrogens is 444 g/mol. The van der Waals surface area contributed by atoms with Crippen molar-refractivity contribution in [1.29, 1.82) is 0 Å². The second kappa shape index (κ2) is 8.44. The van der Waals surface area contributed by atoms with Gasteiger partial charge >= 0.3 is 12.4 Å². The number of amides is 1. The highest BCUT2D eigenvalue weighted by Crippen LogP contribution is 2.36. The molecule has 0 atom stereocenters. The summed E-state index contributed by atoms with van der Waals surface area (Å²) in [7, 11) is 2.72. The largest absolute Gasteiger partial charge is 0.493 e. The number of anilines is 1. The normalized spacial score (nSPS) is 11.9. The summed E-state index contributed by atoms with van der Waals surface area (Å²) < 4.78 is 90.6. The Balaban J connectivity index is 2.02. The Labute approximate surface area is 177 Å². The van der Waals surface area contributed by atoms with E-state index in [2.05, 4.69) is 10.4 Å². The van der Waals surface area contributed by atoms with Gasteiger partial charge < -0.3 is 14.8 Å². The molecule has 170 valence electrons. The lowest BCUT2D eigenvalue weighted by molar-refractivity contribution is -0.143. The zero-order valence-electron chi connectivity index (χ0n) is 16.5. The molecule has 0 bridgehead atoms. The lowest BCUT2D eigenvalue weighted by Crippen LogP contribution is -2.21. The van der Waals surface area contributed by atoms with E-state index in [1.54, 1.807) is 0 Å². The van der Waals surface area contributed by atoms with E-state index in [-0.39, 0.29) is 16.1 Å². The van der Waals surface area contributed by atoms with Gasteiger partial charge in [-0.05, 0) is 30.3 Å². The molecule has 1 N–H and O–H groups in total. The van der Waals surface area contributed by atoms with Crippen LogP contribution in [0.2, 0.25) is 0 Å². The number of aromatic nitrogens is 2. The average molecular weight is 459 g/mol. The van der Waals surface area contributed by atoms with Gasteiger partial charge in [-0.3, -0.25) is 4.79 Å². The Bertz CT molecular complexity index is 1140. The third-order valence-electron chi connectivity index (χ3n) is 4.34. The summed E-state index contributed by atoms with van der Waals surface area (Å²) in [6.07, 6.45) is -9.22. The molecule has 0 aliphatic carbocycles. The van der Waals surface area contributed by atoms with E-state index in [1.807, 2.05) is 0 Å². The lowest BCUT2D eigenvalue weighted by Gasteiger charge is -2.14. The third-order valence-corrected chi connectivity index (χ3v) is 4.34. The predicted molar refractivity (Wildman–Crippen MR) is 101 cm³/mol. The molecule has 0 aliphatic rings. The number of benzene rings is 2. The minimum absolute atomic E-state index is 0.104. The van der Waals surface area contributed by atoms with Crippen LogP contribution in [0, 0.1) is 0 Å². The van der Waals surface area contributed by atoms with E-state index in [0.717, 1.165) is 12.1 Å². The van der Waals surface area contributed by atoms with Crippen LogP contribution in [0.25, 0.3) is 5.69 Å². The van der Waals surface area contributed by atoms with Crippen molar-refractivity contribution < 1.29 is 40.6 Å². The minimum atomic E-state index is -5.09. The number of rotatable bonds is 5. The van der Waals surface area contributed by atoms with Crippen molar-refractivity contribution in [3.63, 3.8) is 0 Å². The van der Waals surface area contributed by atoms with Crippen LogP contribution in [-0.2, 0) is 12.4 Å².